The third kappa shape index (κ3) is 4.19. The molecule has 0 aliphatic carbocycles. The third-order valence-electron chi connectivity index (χ3n) is 3.94. The molecule has 0 saturated carbocycles. The van der Waals surface area contributed by atoms with Crippen molar-refractivity contribution in [2.75, 3.05) is 0 Å². The van der Waals surface area contributed by atoms with Crippen LogP contribution in [0, 0.1) is 13.8 Å². The van der Waals surface area contributed by atoms with Gasteiger partial charge in [0.05, 0.1) is 5.25 Å². The Morgan fingerprint density at radius 3 is 2.48 bits per heavy atom. The Bertz CT molecular complexity index is 906. The number of thioether (sulfide) groups is 1. The van der Waals surface area contributed by atoms with Crippen molar-refractivity contribution in [2.24, 2.45) is 0 Å². The highest BCUT2D eigenvalue weighted by molar-refractivity contribution is 9.10. The molecule has 0 saturated heterocycles. The quantitative estimate of drug-likeness (QED) is 0.407. The average Bonchev–Trinajstić information content (AvgIpc) is 3.05. The number of carbonyl (C=O) groups excluding carboxylic acids is 1. The predicted octanol–water partition coefficient (Wildman–Crippen LogP) is 5.48. The number of nitrogens with zero attached hydrogens (tertiary/aromatic N) is 2. The molecular weight excluding hydrogens is 400 g/mol. The number of carbonyl (C=O) groups is 1. The monoisotopic (exact) mass is 416 g/mol. The number of halogens is 1. The summed E-state index contributed by atoms with van der Waals surface area (Å²) >= 11 is 4.67. The molecule has 0 amide bonds. The Hall–Kier alpha value is -1.92. The zero-order valence-corrected chi connectivity index (χ0v) is 16.5. The topological polar surface area (TPSA) is 56.0 Å². The fourth-order valence-electron chi connectivity index (χ4n) is 2.30. The van der Waals surface area contributed by atoms with Gasteiger partial charge in [-0.2, -0.15) is 0 Å². The van der Waals surface area contributed by atoms with E-state index in [2.05, 4.69) is 26.1 Å². The van der Waals surface area contributed by atoms with Crippen LogP contribution in [-0.2, 0) is 0 Å². The number of hydrogen-bond acceptors (Lipinski definition) is 5. The lowest BCUT2D eigenvalue weighted by molar-refractivity contribution is 0.0993. The molecule has 2 aromatic carbocycles. The minimum absolute atomic E-state index is 0.0523. The van der Waals surface area contributed by atoms with Gasteiger partial charge in [-0.15, -0.1) is 10.2 Å². The largest absolute Gasteiger partial charge is 0.411 e. The number of aromatic nitrogens is 2. The molecule has 0 fully saturated rings. The van der Waals surface area contributed by atoms with Crippen LogP contribution in [0.15, 0.2) is 56.6 Å². The molecule has 1 aromatic heterocycles. The minimum atomic E-state index is -0.305. The van der Waals surface area contributed by atoms with Crippen molar-refractivity contribution >= 4 is 33.5 Å². The summed E-state index contributed by atoms with van der Waals surface area (Å²) in [4.78, 5) is 12.6. The summed E-state index contributed by atoms with van der Waals surface area (Å²) in [6.07, 6.45) is 0. The zero-order valence-electron chi connectivity index (χ0n) is 14.1. The van der Waals surface area contributed by atoms with E-state index in [1.165, 1.54) is 17.3 Å². The number of ketones is 1. The van der Waals surface area contributed by atoms with E-state index < -0.39 is 0 Å². The highest BCUT2D eigenvalue weighted by atomic mass is 79.9. The van der Waals surface area contributed by atoms with Crippen molar-refractivity contribution in [1.29, 1.82) is 0 Å². The SMILES string of the molecule is Cc1ccc(C(=O)C(C)Sc2nnc(-c3ccc(Br)cc3)o2)cc1C. The molecule has 0 bridgehead atoms. The summed E-state index contributed by atoms with van der Waals surface area (Å²) in [5.74, 6) is 0.498. The summed E-state index contributed by atoms with van der Waals surface area (Å²) < 4.78 is 6.67. The van der Waals surface area contributed by atoms with Crippen LogP contribution in [0.5, 0.6) is 0 Å². The lowest BCUT2D eigenvalue weighted by Gasteiger charge is -2.09. The van der Waals surface area contributed by atoms with Gasteiger partial charge in [0.2, 0.25) is 5.89 Å². The second kappa shape index (κ2) is 7.54. The van der Waals surface area contributed by atoms with Crippen LogP contribution >= 0.6 is 27.7 Å². The Labute approximate surface area is 159 Å². The van der Waals surface area contributed by atoms with E-state index in [4.69, 9.17) is 4.42 Å². The van der Waals surface area contributed by atoms with E-state index in [1.807, 2.05) is 63.2 Å². The molecule has 3 aromatic rings. The number of Topliss-reactive ketones (excluding diaryl/α,β-unsaturated/α-hetero) is 1. The van der Waals surface area contributed by atoms with Crippen LogP contribution in [0.1, 0.15) is 28.4 Å². The zero-order chi connectivity index (χ0) is 18.0. The van der Waals surface area contributed by atoms with Gasteiger partial charge in [-0.25, -0.2) is 0 Å². The van der Waals surface area contributed by atoms with Gasteiger partial charge in [-0.1, -0.05) is 39.8 Å². The third-order valence-corrected chi connectivity index (χ3v) is 5.40. The highest BCUT2D eigenvalue weighted by Gasteiger charge is 2.20. The smallest absolute Gasteiger partial charge is 0.277 e. The number of aryl methyl sites for hydroxylation is 2. The van der Waals surface area contributed by atoms with Crippen LogP contribution in [-0.4, -0.2) is 21.2 Å². The van der Waals surface area contributed by atoms with Gasteiger partial charge >= 0.3 is 0 Å². The van der Waals surface area contributed by atoms with Gasteiger partial charge in [0.25, 0.3) is 5.22 Å². The molecule has 1 unspecified atom stereocenters. The normalized spacial score (nSPS) is 12.2. The summed E-state index contributed by atoms with van der Waals surface area (Å²) in [6, 6.07) is 13.4. The van der Waals surface area contributed by atoms with Crippen LogP contribution in [0.25, 0.3) is 11.5 Å². The fraction of sp³-hybridized carbons (Fsp3) is 0.211. The predicted molar refractivity (Wildman–Crippen MR) is 103 cm³/mol. The Morgan fingerprint density at radius 2 is 1.80 bits per heavy atom. The van der Waals surface area contributed by atoms with E-state index in [1.54, 1.807) is 0 Å². The summed E-state index contributed by atoms with van der Waals surface area (Å²) in [5, 5.41) is 8.19. The summed E-state index contributed by atoms with van der Waals surface area (Å²) in [5.41, 5.74) is 3.83. The Morgan fingerprint density at radius 1 is 1.08 bits per heavy atom. The molecule has 0 aliphatic heterocycles. The first-order valence-corrected chi connectivity index (χ1v) is 9.49. The fourth-order valence-corrected chi connectivity index (χ4v) is 3.33. The number of hydrogen-bond donors (Lipinski definition) is 0. The first kappa shape index (κ1) is 17.9. The van der Waals surface area contributed by atoms with E-state index in [0.717, 1.165) is 15.6 Å². The molecule has 128 valence electrons. The van der Waals surface area contributed by atoms with Crippen LogP contribution in [0.2, 0.25) is 0 Å². The van der Waals surface area contributed by atoms with E-state index in [-0.39, 0.29) is 11.0 Å². The van der Waals surface area contributed by atoms with E-state index in [0.29, 0.717) is 16.7 Å². The van der Waals surface area contributed by atoms with Crippen LogP contribution in [0.4, 0.5) is 0 Å². The van der Waals surface area contributed by atoms with E-state index >= 15 is 0 Å². The number of rotatable bonds is 5. The maximum atomic E-state index is 12.6. The van der Waals surface area contributed by atoms with Gasteiger partial charge in [0, 0.05) is 15.6 Å². The molecule has 1 atom stereocenters. The van der Waals surface area contributed by atoms with Gasteiger partial charge in [-0.05, 0) is 62.2 Å². The van der Waals surface area contributed by atoms with Gasteiger partial charge in [0.1, 0.15) is 0 Å². The van der Waals surface area contributed by atoms with E-state index in [9.17, 15) is 4.79 Å². The second-order valence-corrected chi connectivity index (χ2v) is 8.01. The second-order valence-electron chi connectivity index (χ2n) is 5.80. The van der Waals surface area contributed by atoms with Crippen LogP contribution in [0.3, 0.4) is 0 Å². The van der Waals surface area contributed by atoms with Gasteiger partial charge in [0.15, 0.2) is 5.78 Å². The van der Waals surface area contributed by atoms with Crippen molar-refractivity contribution < 1.29 is 9.21 Å². The van der Waals surface area contributed by atoms with Crippen molar-refractivity contribution in [1.82, 2.24) is 10.2 Å². The lowest BCUT2D eigenvalue weighted by Crippen LogP contribution is -2.13. The van der Waals surface area contributed by atoms with Crippen molar-refractivity contribution in [3.05, 3.63) is 63.6 Å². The van der Waals surface area contributed by atoms with Gasteiger partial charge in [-0.3, -0.25) is 4.79 Å². The number of benzene rings is 2. The van der Waals surface area contributed by atoms with Gasteiger partial charge < -0.3 is 4.42 Å². The average molecular weight is 417 g/mol. The molecule has 0 spiro atoms. The molecule has 4 nitrogen and oxygen atoms in total. The first-order valence-electron chi connectivity index (χ1n) is 7.81. The summed E-state index contributed by atoms with van der Waals surface area (Å²) in [6.45, 7) is 5.89. The van der Waals surface area contributed by atoms with Crippen molar-refractivity contribution in [2.45, 2.75) is 31.2 Å². The first-order chi connectivity index (χ1) is 11.9. The summed E-state index contributed by atoms with van der Waals surface area (Å²) in [7, 11) is 0. The maximum absolute atomic E-state index is 12.6. The highest BCUT2D eigenvalue weighted by Crippen LogP contribution is 2.28. The molecule has 1 heterocycles. The molecule has 3 rings (SSSR count). The molecule has 0 N–H and O–H groups in total. The van der Waals surface area contributed by atoms with Crippen LogP contribution < -0.4 is 0 Å². The molecule has 25 heavy (non-hydrogen) atoms. The standard InChI is InChI=1S/C19H17BrN2O2S/c1-11-4-5-15(10-12(11)2)17(23)13(3)25-19-22-21-18(24-19)14-6-8-16(20)9-7-14/h4-10,13H,1-3H3. The minimum Gasteiger partial charge on any atom is -0.411 e. The van der Waals surface area contributed by atoms with Crippen molar-refractivity contribution in [3.63, 3.8) is 0 Å². The maximum Gasteiger partial charge on any atom is 0.277 e. The Kier molecular flexibility index (Phi) is 5.39. The Balaban J connectivity index is 1.72. The lowest BCUT2D eigenvalue weighted by atomic mass is 10.0. The molecule has 0 radical (unpaired) electrons. The molecule has 0 aliphatic rings. The molecule has 6 heteroatoms. The molecular formula is C19H17BrN2O2S. The van der Waals surface area contributed by atoms with Crippen molar-refractivity contribution in [3.8, 4) is 11.5 Å².